The van der Waals surface area contributed by atoms with Crippen LogP contribution in [-0.4, -0.2) is 34.7 Å². The van der Waals surface area contributed by atoms with Gasteiger partial charge in [0.05, 0.1) is 6.10 Å². The maximum absolute atomic E-state index is 12.4. The van der Waals surface area contributed by atoms with Gasteiger partial charge in [-0.25, -0.2) is 8.42 Å². The number of hydrogen-bond donors (Lipinski definition) is 1. The molecule has 130 valence electrons. The molecule has 3 rings (SSSR count). The minimum atomic E-state index is -3.51. The van der Waals surface area contributed by atoms with Gasteiger partial charge < -0.3 is 9.64 Å². The first-order valence-electron chi connectivity index (χ1n) is 8.01. The molecule has 1 unspecified atom stereocenters. The van der Waals surface area contributed by atoms with E-state index >= 15 is 0 Å². The highest BCUT2D eigenvalue weighted by Crippen LogP contribution is 2.27. The van der Waals surface area contributed by atoms with E-state index in [1.165, 1.54) is 11.3 Å². The van der Waals surface area contributed by atoms with Crippen LogP contribution < -0.4 is 9.62 Å². The average molecular weight is 367 g/mol. The van der Waals surface area contributed by atoms with Crippen LogP contribution in [0.5, 0.6) is 0 Å². The number of benzene rings is 1. The summed E-state index contributed by atoms with van der Waals surface area (Å²) < 4.78 is 33.2. The lowest BCUT2D eigenvalue weighted by molar-refractivity contribution is 0.121. The first-order chi connectivity index (χ1) is 11.5. The molecule has 0 radical (unpaired) electrons. The summed E-state index contributed by atoms with van der Waals surface area (Å²) in [7, 11) is -1.78. The number of hydrogen-bond acceptors (Lipinski definition) is 5. The Labute approximate surface area is 147 Å². The summed E-state index contributed by atoms with van der Waals surface area (Å²) in [5, 5.41) is 0. The Bertz CT molecular complexity index is 784. The van der Waals surface area contributed by atoms with Crippen LogP contribution in [0.4, 0.5) is 11.4 Å². The Hall–Kier alpha value is -1.57. The number of thiophene rings is 1. The minimum Gasteiger partial charge on any atom is -0.380 e. The van der Waals surface area contributed by atoms with Crippen LogP contribution in [0.15, 0.2) is 40.6 Å². The third-order valence-electron chi connectivity index (χ3n) is 4.21. The van der Waals surface area contributed by atoms with Gasteiger partial charge in [-0.2, -0.15) is 0 Å². The van der Waals surface area contributed by atoms with Crippen LogP contribution >= 0.6 is 11.3 Å². The molecule has 24 heavy (non-hydrogen) atoms. The summed E-state index contributed by atoms with van der Waals surface area (Å²) in [6.07, 6.45) is 2.13. The fourth-order valence-electron chi connectivity index (χ4n) is 2.79. The molecule has 1 aromatic heterocycles. The van der Waals surface area contributed by atoms with Gasteiger partial charge in [0.1, 0.15) is 4.21 Å². The molecule has 5 nitrogen and oxygen atoms in total. The molecule has 0 amide bonds. The van der Waals surface area contributed by atoms with Crippen molar-refractivity contribution in [1.82, 2.24) is 0 Å². The highest BCUT2D eigenvalue weighted by atomic mass is 32.2. The van der Waals surface area contributed by atoms with Gasteiger partial charge in [0.25, 0.3) is 10.0 Å². The molecule has 0 spiro atoms. The van der Waals surface area contributed by atoms with Crippen LogP contribution in [0.1, 0.15) is 18.2 Å². The van der Waals surface area contributed by atoms with E-state index in [4.69, 9.17) is 4.74 Å². The van der Waals surface area contributed by atoms with Crippen LogP contribution in [-0.2, 0) is 21.2 Å². The third-order valence-corrected chi connectivity index (χ3v) is 7.32. The van der Waals surface area contributed by atoms with Gasteiger partial charge in [-0.1, -0.05) is 6.92 Å². The Balaban J connectivity index is 1.69. The molecular formula is C17H22N2O3S2. The Morgan fingerprint density at radius 2 is 2.00 bits per heavy atom. The molecule has 1 N–H and O–H groups in total. The largest absolute Gasteiger partial charge is 0.380 e. The van der Waals surface area contributed by atoms with Crippen molar-refractivity contribution in [2.75, 3.05) is 29.8 Å². The first kappa shape index (κ1) is 17.3. The van der Waals surface area contributed by atoms with E-state index in [-0.39, 0.29) is 6.10 Å². The van der Waals surface area contributed by atoms with E-state index < -0.39 is 10.0 Å². The zero-order chi connectivity index (χ0) is 17.2. The summed E-state index contributed by atoms with van der Waals surface area (Å²) in [4.78, 5) is 3.31. The second-order valence-corrected chi connectivity index (χ2v) is 8.90. The van der Waals surface area contributed by atoms with Crippen molar-refractivity contribution in [3.63, 3.8) is 0 Å². The molecule has 1 aliphatic heterocycles. The normalized spacial score (nSPS) is 18.1. The van der Waals surface area contributed by atoms with Crippen molar-refractivity contribution in [3.05, 3.63) is 41.3 Å². The van der Waals surface area contributed by atoms with Crippen molar-refractivity contribution >= 4 is 32.7 Å². The van der Waals surface area contributed by atoms with E-state index in [9.17, 15) is 8.42 Å². The monoisotopic (exact) mass is 366 g/mol. The smallest absolute Gasteiger partial charge is 0.271 e. The lowest BCUT2D eigenvalue weighted by atomic mass is 10.2. The van der Waals surface area contributed by atoms with Gasteiger partial charge in [0.2, 0.25) is 0 Å². The third kappa shape index (κ3) is 3.74. The van der Waals surface area contributed by atoms with Crippen molar-refractivity contribution < 1.29 is 13.2 Å². The molecule has 1 aromatic carbocycles. The lowest BCUT2D eigenvalue weighted by Crippen LogP contribution is -2.22. The van der Waals surface area contributed by atoms with Gasteiger partial charge in [0.15, 0.2) is 0 Å². The Morgan fingerprint density at radius 1 is 1.25 bits per heavy atom. The molecule has 0 aliphatic carbocycles. The zero-order valence-electron chi connectivity index (χ0n) is 13.9. The topological polar surface area (TPSA) is 58.6 Å². The molecule has 1 fully saturated rings. The van der Waals surface area contributed by atoms with E-state index in [1.54, 1.807) is 25.3 Å². The standard InChI is InChI=1S/C17H22N2O3S2/c1-3-16-8-9-17(23-16)24(20,21)18-13-4-6-14(7-5-13)19-11-10-15(12-19)22-2/h4-9,15,18H,3,10-12H2,1-2H3. The van der Waals surface area contributed by atoms with E-state index in [0.29, 0.717) is 9.90 Å². The molecule has 2 heterocycles. The van der Waals surface area contributed by atoms with Gasteiger partial charge in [-0.15, -0.1) is 11.3 Å². The molecule has 1 aliphatic rings. The molecule has 1 atom stereocenters. The predicted molar refractivity (Wildman–Crippen MR) is 98.6 cm³/mol. The second kappa shape index (κ2) is 7.13. The molecule has 1 saturated heterocycles. The van der Waals surface area contributed by atoms with Gasteiger partial charge in [-0.3, -0.25) is 4.72 Å². The molecule has 0 bridgehead atoms. The molecular weight excluding hydrogens is 344 g/mol. The number of nitrogens with zero attached hydrogens (tertiary/aromatic N) is 1. The fourth-order valence-corrected chi connectivity index (χ4v) is 5.15. The Kier molecular flexibility index (Phi) is 5.12. The summed E-state index contributed by atoms with van der Waals surface area (Å²) in [6, 6.07) is 11.0. The number of methoxy groups -OCH3 is 1. The van der Waals surface area contributed by atoms with Crippen LogP contribution in [0.25, 0.3) is 0 Å². The predicted octanol–water partition coefficient (Wildman–Crippen LogP) is 3.34. The lowest BCUT2D eigenvalue weighted by Gasteiger charge is -2.18. The molecule has 2 aromatic rings. The molecule has 7 heteroatoms. The quantitative estimate of drug-likeness (QED) is 0.852. The van der Waals surface area contributed by atoms with Crippen molar-refractivity contribution in [3.8, 4) is 0 Å². The first-order valence-corrected chi connectivity index (χ1v) is 10.3. The van der Waals surface area contributed by atoms with E-state index in [0.717, 1.165) is 36.5 Å². The molecule has 0 saturated carbocycles. The summed E-state index contributed by atoms with van der Waals surface area (Å²) in [5.41, 5.74) is 1.66. The van der Waals surface area contributed by atoms with Gasteiger partial charge >= 0.3 is 0 Å². The zero-order valence-corrected chi connectivity index (χ0v) is 15.5. The number of aryl methyl sites for hydroxylation is 1. The number of nitrogens with one attached hydrogen (secondary N) is 1. The van der Waals surface area contributed by atoms with Gasteiger partial charge in [0, 0.05) is 36.5 Å². The average Bonchev–Trinajstić information content (AvgIpc) is 3.24. The number of sulfonamides is 1. The maximum Gasteiger partial charge on any atom is 0.271 e. The SMILES string of the molecule is CCc1ccc(S(=O)(=O)Nc2ccc(N3CCC(OC)C3)cc2)s1. The Morgan fingerprint density at radius 3 is 2.58 bits per heavy atom. The number of ether oxygens (including phenoxy) is 1. The summed E-state index contributed by atoms with van der Waals surface area (Å²) in [5.74, 6) is 0. The number of rotatable bonds is 6. The van der Waals surface area contributed by atoms with Crippen molar-refractivity contribution in [1.29, 1.82) is 0 Å². The second-order valence-electron chi connectivity index (χ2n) is 5.82. The minimum absolute atomic E-state index is 0.273. The van der Waals surface area contributed by atoms with Gasteiger partial charge in [-0.05, 0) is 49.2 Å². The van der Waals surface area contributed by atoms with Crippen LogP contribution in [0.2, 0.25) is 0 Å². The van der Waals surface area contributed by atoms with Crippen LogP contribution in [0, 0.1) is 0 Å². The van der Waals surface area contributed by atoms with Crippen molar-refractivity contribution in [2.45, 2.75) is 30.1 Å². The maximum atomic E-state index is 12.4. The highest BCUT2D eigenvalue weighted by molar-refractivity contribution is 7.94. The van der Waals surface area contributed by atoms with E-state index in [1.807, 2.05) is 25.1 Å². The summed E-state index contributed by atoms with van der Waals surface area (Å²) in [6.45, 7) is 3.84. The highest BCUT2D eigenvalue weighted by Gasteiger charge is 2.22. The van der Waals surface area contributed by atoms with E-state index in [2.05, 4.69) is 9.62 Å². The number of anilines is 2. The van der Waals surface area contributed by atoms with Crippen LogP contribution in [0.3, 0.4) is 0 Å². The fraction of sp³-hybridized carbons (Fsp3) is 0.412. The van der Waals surface area contributed by atoms with Crippen molar-refractivity contribution in [2.24, 2.45) is 0 Å². The summed E-state index contributed by atoms with van der Waals surface area (Å²) >= 11 is 1.31.